The summed E-state index contributed by atoms with van der Waals surface area (Å²) in [6.07, 6.45) is 15.5. The topological polar surface area (TPSA) is 78.6 Å². The highest BCUT2D eigenvalue weighted by atomic mass is 16.6. The summed E-state index contributed by atoms with van der Waals surface area (Å²) >= 11 is 0. The average molecular weight is 592 g/mol. The van der Waals surface area contributed by atoms with Crippen LogP contribution in [0, 0.1) is 58.2 Å². The van der Waals surface area contributed by atoms with E-state index in [1.807, 2.05) is 6.07 Å². The van der Waals surface area contributed by atoms with Crippen molar-refractivity contribution >= 4 is 11.9 Å². The van der Waals surface area contributed by atoms with E-state index in [1.54, 1.807) is 0 Å². The van der Waals surface area contributed by atoms with Gasteiger partial charge in [-0.2, -0.15) is 0 Å². The number of rotatable bonds is 5. The van der Waals surface area contributed by atoms with Crippen LogP contribution in [-0.4, -0.2) is 18.5 Å². The van der Waals surface area contributed by atoms with Gasteiger partial charge in [0.05, 0.1) is 11.0 Å². The van der Waals surface area contributed by atoms with Gasteiger partial charge in [0.25, 0.3) is 0 Å². The van der Waals surface area contributed by atoms with Crippen LogP contribution in [0.4, 0.5) is 0 Å². The van der Waals surface area contributed by atoms with E-state index in [1.165, 1.54) is 11.1 Å². The van der Waals surface area contributed by atoms with E-state index in [-0.39, 0.29) is 23.8 Å². The molecule has 2 fully saturated rings. The van der Waals surface area contributed by atoms with Crippen molar-refractivity contribution in [2.45, 2.75) is 90.6 Å². The smallest absolute Gasteiger partial charge is 0.339 e. The second-order valence-corrected chi connectivity index (χ2v) is 14.8. The number of allylic oxidation sites excluding steroid dienone is 4. The number of aryl methyl sites for hydroxylation is 1. The molecule has 230 valence electrons. The Morgan fingerprint density at radius 3 is 2.84 bits per heavy atom. The first-order chi connectivity index (χ1) is 21.4. The van der Waals surface area contributed by atoms with Crippen molar-refractivity contribution in [3.05, 3.63) is 70.0 Å². The fraction of sp³-hybridized carbons (Fsp3) is 0.590. The van der Waals surface area contributed by atoms with Gasteiger partial charge in [-0.1, -0.05) is 69.0 Å². The number of ether oxygens (including phenoxy) is 2. The molecule has 0 radical (unpaired) electrons. The van der Waals surface area contributed by atoms with Gasteiger partial charge in [-0.05, 0) is 92.9 Å². The quantitative estimate of drug-likeness (QED) is 0.223. The highest BCUT2D eigenvalue weighted by Gasteiger charge is 2.93. The van der Waals surface area contributed by atoms with Crippen LogP contribution in [0.15, 0.2) is 53.3 Å². The van der Waals surface area contributed by atoms with Crippen molar-refractivity contribution in [3.8, 4) is 11.8 Å². The molecule has 1 aromatic carbocycles. The molecule has 2 bridgehead atoms. The summed E-state index contributed by atoms with van der Waals surface area (Å²) < 4.78 is 13.5. The first-order valence-electron chi connectivity index (χ1n) is 17.2. The number of fused-ring (bicyclic) bond motifs is 6. The molecule has 8 rings (SSSR count). The SMILES string of the molecule is CCCC1C23C(=O)OC4=CCC(C)CC#CC(CC42C12OC(=O)c1c(CCCN)cccc12)C1=C3CCC2C(C)CC=CC12. The number of hydrogen-bond acceptors (Lipinski definition) is 5. The van der Waals surface area contributed by atoms with Gasteiger partial charge in [0.15, 0.2) is 5.60 Å². The molecule has 1 aromatic rings. The zero-order valence-corrected chi connectivity index (χ0v) is 26.4. The van der Waals surface area contributed by atoms with E-state index in [0.29, 0.717) is 42.2 Å². The number of hydrogen-bond donors (Lipinski definition) is 1. The Morgan fingerprint density at radius 2 is 2.02 bits per heavy atom. The molecular formula is C39H45NO4. The maximum Gasteiger partial charge on any atom is 0.339 e. The molecule has 9 atom stereocenters. The third-order valence-electron chi connectivity index (χ3n) is 12.8. The number of carbonyl (C=O) groups is 2. The van der Waals surface area contributed by atoms with Crippen molar-refractivity contribution < 1.29 is 19.1 Å². The molecule has 1 saturated heterocycles. The van der Waals surface area contributed by atoms with E-state index in [4.69, 9.17) is 15.2 Å². The third-order valence-corrected chi connectivity index (χ3v) is 12.8. The van der Waals surface area contributed by atoms with Crippen LogP contribution in [0.5, 0.6) is 0 Å². The number of carbonyl (C=O) groups excluding carboxylic acids is 2. The normalized spacial score (nSPS) is 40.9. The molecular weight excluding hydrogens is 546 g/mol. The van der Waals surface area contributed by atoms with Crippen molar-refractivity contribution in [1.29, 1.82) is 0 Å². The Hall–Kier alpha value is -3.10. The zero-order chi connectivity index (χ0) is 30.4. The van der Waals surface area contributed by atoms with Gasteiger partial charge < -0.3 is 15.2 Å². The first-order valence-corrected chi connectivity index (χ1v) is 17.2. The molecule has 2 heterocycles. The average Bonchev–Trinajstić information content (AvgIpc) is 3.46. The number of nitrogens with two attached hydrogens (primary N) is 1. The standard InChI is InChI=1S/C39H45NO4/c1-4-9-31-38-29-19-18-27-24(3)11-6-15-28(27)33(29)26-13-5-10-23(2)17-20-32(43-36(38)42)37(38,22-26)39(31)30-16-7-12-25(14-8-21-40)34(30)35(41)44-39/h6-7,12,15-16,20,23-24,26-28,31H,4,8-11,14,17-19,21-22,40H2,1-3H3. The number of benzene rings is 1. The predicted octanol–water partition coefficient (Wildman–Crippen LogP) is 7.16. The summed E-state index contributed by atoms with van der Waals surface area (Å²) in [4.78, 5) is 29.0. The van der Waals surface area contributed by atoms with Crippen LogP contribution in [0.1, 0.15) is 100 Å². The predicted molar refractivity (Wildman–Crippen MR) is 169 cm³/mol. The van der Waals surface area contributed by atoms with E-state index < -0.39 is 16.4 Å². The number of esters is 2. The Bertz CT molecular complexity index is 1600. The highest BCUT2D eigenvalue weighted by Crippen LogP contribution is 2.87. The highest BCUT2D eigenvalue weighted by molar-refractivity contribution is 6.00. The molecule has 5 aliphatic carbocycles. The monoisotopic (exact) mass is 591 g/mol. The Balaban J connectivity index is 1.44. The second-order valence-electron chi connectivity index (χ2n) is 14.8. The lowest BCUT2D eigenvalue weighted by atomic mass is 9.28. The van der Waals surface area contributed by atoms with Crippen LogP contribution in [-0.2, 0) is 26.3 Å². The molecule has 1 saturated carbocycles. The lowest BCUT2D eigenvalue weighted by Gasteiger charge is -2.72. The van der Waals surface area contributed by atoms with Crippen molar-refractivity contribution in [2.24, 2.45) is 52.1 Å². The van der Waals surface area contributed by atoms with Gasteiger partial charge >= 0.3 is 11.9 Å². The van der Waals surface area contributed by atoms with Crippen LogP contribution >= 0.6 is 0 Å². The van der Waals surface area contributed by atoms with Gasteiger partial charge in [0.1, 0.15) is 11.2 Å². The second kappa shape index (κ2) is 9.95. The van der Waals surface area contributed by atoms with E-state index in [9.17, 15) is 9.59 Å². The molecule has 9 unspecified atom stereocenters. The molecule has 0 aromatic heterocycles. The molecule has 7 aliphatic rings. The van der Waals surface area contributed by atoms with Crippen LogP contribution in [0.2, 0.25) is 0 Å². The summed E-state index contributed by atoms with van der Waals surface area (Å²) in [5.74, 6) is 9.39. The molecule has 2 aliphatic heterocycles. The van der Waals surface area contributed by atoms with Crippen LogP contribution in [0.3, 0.4) is 0 Å². The Labute approximate surface area is 261 Å². The maximum absolute atomic E-state index is 14.9. The Kier molecular flexibility index (Phi) is 6.42. The fourth-order valence-electron chi connectivity index (χ4n) is 11.2. The summed E-state index contributed by atoms with van der Waals surface area (Å²) in [5, 5.41) is 0. The van der Waals surface area contributed by atoms with Gasteiger partial charge in [-0.25, -0.2) is 4.79 Å². The van der Waals surface area contributed by atoms with Gasteiger partial charge in [0.2, 0.25) is 0 Å². The minimum atomic E-state index is -0.959. The van der Waals surface area contributed by atoms with E-state index in [2.05, 4.69) is 63.0 Å². The van der Waals surface area contributed by atoms with Gasteiger partial charge in [0, 0.05) is 29.7 Å². The van der Waals surface area contributed by atoms with Crippen LogP contribution in [0.25, 0.3) is 0 Å². The van der Waals surface area contributed by atoms with Gasteiger partial charge in [-0.15, -0.1) is 5.92 Å². The van der Waals surface area contributed by atoms with Crippen molar-refractivity contribution in [2.75, 3.05) is 6.54 Å². The minimum Gasteiger partial charge on any atom is -0.449 e. The lowest BCUT2D eigenvalue weighted by Crippen LogP contribution is -2.77. The first kappa shape index (κ1) is 28.4. The Morgan fingerprint density at radius 1 is 1.16 bits per heavy atom. The molecule has 5 nitrogen and oxygen atoms in total. The summed E-state index contributed by atoms with van der Waals surface area (Å²) in [6.45, 7) is 7.36. The van der Waals surface area contributed by atoms with E-state index >= 15 is 0 Å². The summed E-state index contributed by atoms with van der Waals surface area (Å²) in [7, 11) is 0. The molecule has 2 N–H and O–H groups in total. The fourth-order valence-corrected chi connectivity index (χ4v) is 11.2. The van der Waals surface area contributed by atoms with Crippen molar-refractivity contribution in [1.82, 2.24) is 0 Å². The van der Waals surface area contributed by atoms with E-state index in [0.717, 1.165) is 74.7 Å². The molecule has 0 amide bonds. The van der Waals surface area contributed by atoms with Crippen molar-refractivity contribution in [3.63, 3.8) is 0 Å². The molecule has 2 spiro atoms. The zero-order valence-electron chi connectivity index (χ0n) is 26.4. The largest absolute Gasteiger partial charge is 0.449 e. The van der Waals surface area contributed by atoms with Crippen LogP contribution < -0.4 is 5.73 Å². The lowest BCUT2D eigenvalue weighted by molar-refractivity contribution is -0.280. The molecule has 5 heteroatoms. The van der Waals surface area contributed by atoms with Gasteiger partial charge in [-0.3, -0.25) is 4.79 Å². The molecule has 44 heavy (non-hydrogen) atoms. The maximum atomic E-state index is 14.9. The summed E-state index contributed by atoms with van der Waals surface area (Å²) in [5.41, 5.74) is 8.64. The summed E-state index contributed by atoms with van der Waals surface area (Å²) in [6, 6.07) is 6.23. The minimum absolute atomic E-state index is 0.00768. The third kappa shape index (κ3) is 3.21.